The SMILES string of the molecule is CC(C)(C=O)c1ccc(N2CCOCC2)cc1. The Morgan fingerprint density at radius 2 is 1.76 bits per heavy atom. The molecule has 0 radical (unpaired) electrons. The van der Waals surface area contributed by atoms with Crippen molar-refractivity contribution in [2.75, 3.05) is 31.2 Å². The number of rotatable bonds is 3. The molecule has 0 aromatic heterocycles. The van der Waals surface area contributed by atoms with Crippen LogP contribution < -0.4 is 4.90 Å². The Bertz CT molecular complexity index is 378. The molecule has 0 spiro atoms. The van der Waals surface area contributed by atoms with Gasteiger partial charge in [0.05, 0.1) is 13.2 Å². The molecule has 3 heteroatoms. The molecule has 0 atom stereocenters. The summed E-state index contributed by atoms with van der Waals surface area (Å²) in [6.07, 6.45) is 0.997. The van der Waals surface area contributed by atoms with Crippen LogP contribution in [0.4, 0.5) is 5.69 Å². The topological polar surface area (TPSA) is 29.5 Å². The van der Waals surface area contributed by atoms with Gasteiger partial charge in [-0.15, -0.1) is 0 Å². The van der Waals surface area contributed by atoms with Crippen LogP contribution in [0.25, 0.3) is 0 Å². The minimum atomic E-state index is -0.399. The van der Waals surface area contributed by atoms with Gasteiger partial charge < -0.3 is 14.4 Å². The Morgan fingerprint density at radius 3 is 2.29 bits per heavy atom. The van der Waals surface area contributed by atoms with Crippen molar-refractivity contribution in [1.29, 1.82) is 0 Å². The first-order chi connectivity index (χ1) is 8.13. The highest BCUT2D eigenvalue weighted by molar-refractivity contribution is 5.67. The summed E-state index contributed by atoms with van der Waals surface area (Å²) in [7, 11) is 0. The molecule has 1 heterocycles. The number of aldehydes is 1. The lowest BCUT2D eigenvalue weighted by Crippen LogP contribution is -2.36. The van der Waals surface area contributed by atoms with E-state index in [0.29, 0.717) is 0 Å². The lowest BCUT2D eigenvalue weighted by molar-refractivity contribution is -0.111. The van der Waals surface area contributed by atoms with Crippen molar-refractivity contribution in [2.45, 2.75) is 19.3 Å². The average molecular weight is 233 g/mol. The third-order valence-electron chi connectivity index (χ3n) is 3.28. The summed E-state index contributed by atoms with van der Waals surface area (Å²) >= 11 is 0. The monoisotopic (exact) mass is 233 g/mol. The summed E-state index contributed by atoms with van der Waals surface area (Å²) in [6, 6.07) is 8.26. The number of morpholine rings is 1. The van der Waals surface area contributed by atoms with Crippen molar-refractivity contribution >= 4 is 12.0 Å². The fourth-order valence-corrected chi connectivity index (χ4v) is 1.99. The Kier molecular flexibility index (Phi) is 3.48. The molecule has 3 nitrogen and oxygen atoms in total. The van der Waals surface area contributed by atoms with E-state index in [1.807, 2.05) is 26.0 Å². The highest BCUT2D eigenvalue weighted by atomic mass is 16.5. The molecule has 0 aliphatic carbocycles. The van der Waals surface area contributed by atoms with E-state index in [0.717, 1.165) is 38.2 Å². The van der Waals surface area contributed by atoms with Gasteiger partial charge in [0, 0.05) is 24.2 Å². The molecule has 1 aliphatic heterocycles. The summed E-state index contributed by atoms with van der Waals surface area (Å²) in [5.74, 6) is 0. The molecule has 2 rings (SSSR count). The van der Waals surface area contributed by atoms with Crippen LogP contribution in [0.15, 0.2) is 24.3 Å². The van der Waals surface area contributed by atoms with Gasteiger partial charge in [0.1, 0.15) is 6.29 Å². The van der Waals surface area contributed by atoms with Crippen LogP contribution in [-0.4, -0.2) is 32.6 Å². The molecule has 0 saturated carbocycles. The van der Waals surface area contributed by atoms with Crippen molar-refractivity contribution in [3.63, 3.8) is 0 Å². The van der Waals surface area contributed by atoms with Gasteiger partial charge >= 0.3 is 0 Å². The normalized spacial score (nSPS) is 16.9. The van der Waals surface area contributed by atoms with Gasteiger partial charge in [-0.1, -0.05) is 12.1 Å². The number of ether oxygens (including phenoxy) is 1. The Morgan fingerprint density at radius 1 is 1.18 bits per heavy atom. The van der Waals surface area contributed by atoms with E-state index in [1.54, 1.807) is 0 Å². The quantitative estimate of drug-likeness (QED) is 0.748. The van der Waals surface area contributed by atoms with E-state index < -0.39 is 5.41 Å². The van der Waals surface area contributed by atoms with Crippen molar-refractivity contribution in [2.24, 2.45) is 0 Å². The Labute approximate surface area is 102 Å². The number of hydrogen-bond acceptors (Lipinski definition) is 3. The minimum absolute atomic E-state index is 0.399. The lowest BCUT2D eigenvalue weighted by atomic mass is 9.86. The molecule has 17 heavy (non-hydrogen) atoms. The molecule has 1 aromatic carbocycles. The molecule has 0 amide bonds. The molecule has 1 saturated heterocycles. The van der Waals surface area contributed by atoms with Crippen molar-refractivity contribution < 1.29 is 9.53 Å². The van der Waals surface area contributed by atoms with E-state index in [9.17, 15) is 4.79 Å². The van der Waals surface area contributed by atoms with E-state index >= 15 is 0 Å². The second-order valence-electron chi connectivity index (χ2n) is 4.99. The van der Waals surface area contributed by atoms with E-state index in [2.05, 4.69) is 17.0 Å². The van der Waals surface area contributed by atoms with E-state index in [4.69, 9.17) is 4.74 Å². The summed E-state index contributed by atoms with van der Waals surface area (Å²) in [5, 5.41) is 0. The highest BCUT2D eigenvalue weighted by Crippen LogP contribution is 2.24. The Balaban J connectivity index is 2.15. The summed E-state index contributed by atoms with van der Waals surface area (Å²) < 4.78 is 5.33. The predicted octanol–water partition coefficient (Wildman–Crippen LogP) is 2.00. The number of carbonyl (C=O) groups is 1. The zero-order valence-corrected chi connectivity index (χ0v) is 10.5. The maximum absolute atomic E-state index is 11.0. The first kappa shape index (κ1) is 12.1. The van der Waals surface area contributed by atoms with Crippen molar-refractivity contribution in [3.8, 4) is 0 Å². The molecule has 1 aromatic rings. The van der Waals surface area contributed by atoms with E-state index in [1.165, 1.54) is 5.69 Å². The van der Waals surface area contributed by atoms with Crippen LogP contribution in [0.2, 0.25) is 0 Å². The average Bonchev–Trinajstić information content (AvgIpc) is 2.40. The number of hydrogen-bond donors (Lipinski definition) is 0. The van der Waals surface area contributed by atoms with Crippen molar-refractivity contribution in [1.82, 2.24) is 0 Å². The largest absolute Gasteiger partial charge is 0.378 e. The third kappa shape index (κ3) is 2.67. The summed E-state index contributed by atoms with van der Waals surface area (Å²) in [5.41, 5.74) is 1.87. The van der Waals surface area contributed by atoms with Gasteiger partial charge in [0.25, 0.3) is 0 Å². The van der Waals surface area contributed by atoms with Crippen molar-refractivity contribution in [3.05, 3.63) is 29.8 Å². The zero-order valence-electron chi connectivity index (χ0n) is 10.5. The summed E-state index contributed by atoms with van der Waals surface area (Å²) in [6.45, 7) is 7.34. The fourth-order valence-electron chi connectivity index (χ4n) is 1.99. The first-order valence-electron chi connectivity index (χ1n) is 6.03. The number of carbonyl (C=O) groups excluding carboxylic acids is 1. The van der Waals surface area contributed by atoms with Gasteiger partial charge in [-0.3, -0.25) is 0 Å². The Hall–Kier alpha value is -1.35. The van der Waals surface area contributed by atoms with Crippen LogP contribution in [-0.2, 0) is 14.9 Å². The van der Waals surface area contributed by atoms with Gasteiger partial charge in [-0.05, 0) is 31.5 Å². The second kappa shape index (κ2) is 4.88. The molecule has 92 valence electrons. The zero-order chi connectivity index (χ0) is 12.3. The van der Waals surface area contributed by atoms with Crippen LogP contribution in [0.3, 0.4) is 0 Å². The number of nitrogens with zero attached hydrogens (tertiary/aromatic N) is 1. The molecule has 0 N–H and O–H groups in total. The second-order valence-corrected chi connectivity index (χ2v) is 4.99. The third-order valence-corrected chi connectivity index (χ3v) is 3.28. The fraction of sp³-hybridized carbons (Fsp3) is 0.500. The molecule has 1 aliphatic rings. The molecular formula is C14H19NO2. The lowest BCUT2D eigenvalue weighted by Gasteiger charge is -2.29. The molecule has 0 bridgehead atoms. The first-order valence-corrected chi connectivity index (χ1v) is 6.03. The van der Waals surface area contributed by atoms with Crippen LogP contribution in [0.5, 0.6) is 0 Å². The summed E-state index contributed by atoms with van der Waals surface area (Å²) in [4.78, 5) is 13.3. The smallest absolute Gasteiger partial charge is 0.129 e. The predicted molar refractivity (Wildman–Crippen MR) is 68.6 cm³/mol. The molecule has 1 fully saturated rings. The minimum Gasteiger partial charge on any atom is -0.378 e. The van der Waals surface area contributed by atoms with Gasteiger partial charge in [0.15, 0.2) is 0 Å². The van der Waals surface area contributed by atoms with Gasteiger partial charge in [0.2, 0.25) is 0 Å². The number of benzene rings is 1. The van der Waals surface area contributed by atoms with E-state index in [-0.39, 0.29) is 0 Å². The maximum Gasteiger partial charge on any atom is 0.129 e. The van der Waals surface area contributed by atoms with Crippen LogP contribution in [0.1, 0.15) is 19.4 Å². The van der Waals surface area contributed by atoms with Gasteiger partial charge in [-0.2, -0.15) is 0 Å². The number of anilines is 1. The molecular weight excluding hydrogens is 214 g/mol. The van der Waals surface area contributed by atoms with Crippen LogP contribution >= 0.6 is 0 Å². The molecule has 0 unspecified atom stereocenters. The van der Waals surface area contributed by atoms with Gasteiger partial charge in [-0.25, -0.2) is 0 Å². The maximum atomic E-state index is 11.0. The standard InChI is InChI=1S/C14H19NO2/c1-14(2,11-16)12-3-5-13(6-4-12)15-7-9-17-10-8-15/h3-6,11H,7-10H2,1-2H3. The highest BCUT2D eigenvalue weighted by Gasteiger charge is 2.19. The van der Waals surface area contributed by atoms with Crippen LogP contribution in [0, 0.1) is 0 Å².